The average molecular weight is 257 g/mol. The number of hydrogen-bond donors (Lipinski definition) is 3. The maximum absolute atomic E-state index is 9.52. The van der Waals surface area contributed by atoms with Gasteiger partial charge >= 0.3 is 0 Å². The van der Waals surface area contributed by atoms with Gasteiger partial charge in [0.2, 0.25) is 0 Å². The largest absolute Gasteiger partial charge is 0.508 e. The van der Waals surface area contributed by atoms with Gasteiger partial charge in [0.25, 0.3) is 0 Å². The monoisotopic (exact) mass is 257 g/mol. The summed E-state index contributed by atoms with van der Waals surface area (Å²) in [6, 6.07) is 17.0. The molecule has 3 nitrogen and oxygen atoms in total. The van der Waals surface area contributed by atoms with E-state index in [1.807, 2.05) is 49.4 Å². The van der Waals surface area contributed by atoms with Gasteiger partial charge in [0, 0.05) is 6.04 Å². The number of phenolic OH excluding ortho intramolecular Hbond substituents is 1. The van der Waals surface area contributed by atoms with Crippen molar-refractivity contribution >= 4 is 0 Å². The van der Waals surface area contributed by atoms with Crippen molar-refractivity contribution in [2.24, 2.45) is 0 Å². The van der Waals surface area contributed by atoms with Crippen molar-refractivity contribution in [3.05, 3.63) is 65.7 Å². The Labute approximate surface area is 113 Å². The van der Waals surface area contributed by atoms with Crippen LogP contribution < -0.4 is 5.32 Å². The van der Waals surface area contributed by atoms with E-state index < -0.39 is 0 Å². The van der Waals surface area contributed by atoms with Crippen LogP contribution in [0.3, 0.4) is 0 Å². The lowest BCUT2D eigenvalue weighted by atomic mass is 10.0. The molecule has 0 saturated heterocycles. The maximum Gasteiger partial charge on any atom is 0.115 e. The Balaban J connectivity index is 2.08. The van der Waals surface area contributed by atoms with Crippen LogP contribution in [0.25, 0.3) is 0 Å². The lowest BCUT2D eigenvalue weighted by Gasteiger charge is -2.22. The van der Waals surface area contributed by atoms with Crippen LogP contribution >= 0.6 is 0 Å². The Bertz CT molecular complexity index is 496. The molecule has 0 aromatic heterocycles. The normalized spacial score (nSPS) is 14.0. The number of aliphatic hydroxyl groups is 1. The first-order valence-corrected chi connectivity index (χ1v) is 6.41. The minimum absolute atomic E-state index is 0.0481. The zero-order valence-electron chi connectivity index (χ0n) is 11.0. The van der Waals surface area contributed by atoms with Crippen molar-refractivity contribution in [2.75, 3.05) is 6.61 Å². The molecule has 0 aliphatic rings. The van der Waals surface area contributed by atoms with Crippen molar-refractivity contribution < 1.29 is 10.2 Å². The van der Waals surface area contributed by atoms with Crippen molar-refractivity contribution in [1.29, 1.82) is 0 Å². The van der Waals surface area contributed by atoms with Crippen LogP contribution in [0.2, 0.25) is 0 Å². The van der Waals surface area contributed by atoms with Crippen LogP contribution in [0.15, 0.2) is 54.6 Å². The highest BCUT2D eigenvalue weighted by atomic mass is 16.3. The molecule has 2 aromatic carbocycles. The quantitative estimate of drug-likeness (QED) is 0.772. The molecule has 0 amide bonds. The molecule has 0 aliphatic heterocycles. The third-order valence-corrected chi connectivity index (χ3v) is 3.23. The number of rotatable bonds is 5. The highest BCUT2D eigenvalue weighted by molar-refractivity contribution is 5.28. The summed E-state index contributed by atoms with van der Waals surface area (Å²) in [5.41, 5.74) is 2.14. The number of aromatic hydroxyl groups is 1. The van der Waals surface area contributed by atoms with Crippen molar-refractivity contribution in [3.63, 3.8) is 0 Å². The molecule has 0 fully saturated rings. The molecule has 2 atom stereocenters. The lowest BCUT2D eigenvalue weighted by molar-refractivity contribution is 0.235. The fourth-order valence-corrected chi connectivity index (χ4v) is 2.10. The molecule has 0 saturated carbocycles. The van der Waals surface area contributed by atoms with Gasteiger partial charge < -0.3 is 15.5 Å². The minimum Gasteiger partial charge on any atom is -0.508 e. The average Bonchev–Trinajstić information content (AvgIpc) is 2.46. The molecule has 100 valence electrons. The molecule has 3 N–H and O–H groups in total. The summed E-state index contributed by atoms with van der Waals surface area (Å²) in [5.74, 6) is 0.262. The molecule has 3 heteroatoms. The smallest absolute Gasteiger partial charge is 0.115 e. The Morgan fingerprint density at radius 2 is 1.58 bits per heavy atom. The van der Waals surface area contributed by atoms with Gasteiger partial charge in [-0.05, 0) is 30.2 Å². The van der Waals surface area contributed by atoms with E-state index in [0.717, 1.165) is 11.1 Å². The second kappa shape index (κ2) is 6.36. The summed E-state index contributed by atoms with van der Waals surface area (Å²) in [7, 11) is 0. The highest BCUT2D eigenvalue weighted by Crippen LogP contribution is 2.21. The Kier molecular flexibility index (Phi) is 4.55. The third-order valence-electron chi connectivity index (χ3n) is 3.23. The van der Waals surface area contributed by atoms with Crippen LogP contribution in [-0.4, -0.2) is 16.8 Å². The Morgan fingerprint density at radius 1 is 0.947 bits per heavy atom. The maximum atomic E-state index is 9.52. The van der Waals surface area contributed by atoms with E-state index in [2.05, 4.69) is 5.32 Å². The molecule has 0 aliphatic carbocycles. The number of phenols is 1. The highest BCUT2D eigenvalue weighted by Gasteiger charge is 2.14. The van der Waals surface area contributed by atoms with E-state index in [0.29, 0.717) is 0 Å². The van der Waals surface area contributed by atoms with E-state index in [4.69, 9.17) is 0 Å². The van der Waals surface area contributed by atoms with E-state index in [9.17, 15) is 10.2 Å². The van der Waals surface area contributed by atoms with Gasteiger partial charge in [-0.25, -0.2) is 0 Å². The number of hydrogen-bond acceptors (Lipinski definition) is 3. The van der Waals surface area contributed by atoms with Gasteiger partial charge in [-0.15, -0.1) is 0 Å². The minimum atomic E-state index is -0.0926. The third kappa shape index (κ3) is 3.56. The molecule has 2 aromatic rings. The summed E-state index contributed by atoms with van der Waals surface area (Å²) >= 11 is 0. The summed E-state index contributed by atoms with van der Waals surface area (Å²) in [6.45, 7) is 2.09. The zero-order valence-corrected chi connectivity index (χ0v) is 11.0. The van der Waals surface area contributed by atoms with Crippen LogP contribution in [0.1, 0.15) is 30.1 Å². The Morgan fingerprint density at radius 3 is 2.16 bits per heavy atom. The second-order valence-electron chi connectivity index (χ2n) is 4.63. The fraction of sp³-hybridized carbons (Fsp3) is 0.250. The van der Waals surface area contributed by atoms with Gasteiger partial charge in [-0.3, -0.25) is 0 Å². The molecule has 0 spiro atoms. The number of nitrogens with one attached hydrogen (secondary N) is 1. The first-order valence-electron chi connectivity index (χ1n) is 6.41. The van der Waals surface area contributed by atoms with Crippen molar-refractivity contribution in [2.45, 2.75) is 19.0 Å². The van der Waals surface area contributed by atoms with Gasteiger partial charge in [-0.2, -0.15) is 0 Å². The van der Waals surface area contributed by atoms with E-state index in [1.165, 1.54) is 0 Å². The van der Waals surface area contributed by atoms with E-state index in [1.54, 1.807) is 12.1 Å². The van der Waals surface area contributed by atoms with E-state index >= 15 is 0 Å². The summed E-state index contributed by atoms with van der Waals surface area (Å²) < 4.78 is 0. The van der Waals surface area contributed by atoms with E-state index in [-0.39, 0.29) is 24.4 Å². The summed E-state index contributed by atoms with van der Waals surface area (Å²) in [4.78, 5) is 0. The van der Waals surface area contributed by atoms with Crippen LogP contribution in [0, 0.1) is 0 Å². The predicted molar refractivity (Wildman–Crippen MR) is 75.9 cm³/mol. The molecular weight excluding hydrogens is 238 g/mol. The summed E-state index contributed by atoms with van der Waals surface area (Å²) in [5, 5.41) is 22.2. The first-order chi connectivity index (χ1) is 9.20. The predicted octanol–water partition coefficient (Wildman–Crippen LogP) is 2.78. The van der Waals surface area contributed by atoms with Gasteiger partial charge in [0.15, 0.2) is 0 Å². The zero-order chi connectivity index (χ0) is 13.7. The lowest BCUT2D eigenvalue weighted by Crippen LogP contribution is -2.27. The fourth-order valence-electron chi connectivity index (χ4n) is 2.10. The topological polar surface area (TPSA) is 52.5 Å². The standard InChI is InChI=1S/C16H19NO2/c1-12(13-7-9-15(19)10-8-13)17-16(11-18)14-5-3-2-4-6-14/h2-10,12,16-19H,11H2,1H3. The molecule has 0 bridgehead atoms. The van der Waals surface area contributed by atoms with Crippen LogP contribution in [0.4, 0.5) is 0 Å². The molecule has 0 radical (unpaired) electrons. The summed E-state index contributed by atoms with van der Waals surface area (Å²) in [6.07, 6.45) is 0. The van der Waals surface area contributed by atoms with Gasteiger partial charge in [0.1, 0.15) is 5.75 Å². The molecule has 2 rings (SSSR count). The molecular formula is C16H19NO2. The van der Waals surface area contributed by atoms with Gasteiger partial charge in [0.05, 0.1) is 12.6 Å². The Hall–Kier alpha value is -1.84. The molecule has 2 unspecified atom stereocenters. The molecule has 19 heavy (non-hydrogen) atoms. The first kappa shape index (κ1) is 13.6. The van der Waals surface area contributed by atoms with Crippen molar-refractivity contribution in [1.82, 2.24) is 5.32 Å². The van der Waals surface area contributed by atoms with Gasteiger partial charge in [-0.1, -0.05) is 42.5 Å². The number of benzene rings is 2. The van der Waals surface area contributed by atoms with Crippen LogP contribution in [0.5, 0.6) is 5.75 Å². The SMILES string of the molecule is CC(NC(CO)c1ccccc1)c1ccc(O)cc1. The molecule has 0 heterocycles. The second-order valence-corrected chi connectivity index (χ2v) is 4.63. The number of aliphatic hydroxyl groups excluding tert-OH is 1. The van der Waals surface area contributed by atoms with Crippen molar-refractivity contribution in [3.8, 4) is 5.75 Å². The van der Waals surface area contributed by atoms with Crippen LogP contribution in [-0.2, 0) is 0 Å².